The van der Waals surface area contributed by atoms with Crippen molar-refractivity contribution in [2.24, 2.45) is 14.1 Å². The monoisotopic (exact) mass is 438 g/mol. The Labute approximate surface area is 184 Å². The van der Waals surface area contributed by atoms with Crippen molar-refractivity contribution in [2.75, 3.05) is 0 Å². The van der Waals surface area contributed by atoms with Crippen molar-refractivity contribution in [1.29, 1.82) is 0 Å². The summed E-state index contributed by atoms with van der Waals surface area (Å²) >= 11 is 0. The molecule has 2 heterocycles. The molecule has 0 bridgehead atoms. The number of ether oxygens (including phenoxy) is 1. The van der Waals surface area contributed by atoms with Gasteiger partial charge in [0.25, 0.3) is 11.5 Å². The molecule has 1 amide bonds. The molecule has 0 radical (unpaired) electrons. The van der Waals surface area contributed by atoms with Crippen molar-refractivity contribution in [3.05, 3.63) is 74.6 Å². The van der Waals surface area contributed by atoms with Gasteiger partial charge < -0.3 is 10.1 Å². The third-order valence-corrected chi connectivity index (χ3v) is 4.83. The van der Waals surface area contributed by atoms with E-state index in [4.69, 9.17) is 4.74 Å². The fourth-order valence-corrected chi connectivity index (χ4v) is 3.25. The summed E-state index contributed by atoms with van der Waals surface area (Å²) in [5, 5.41) is 2.82. The van der Waals surface area contributed by atoms with Crippen LogP contribution in [0.5, 0.6) is 0 Å². The number of carbonyl (C=O) groups excluding carboxylic acids is 2. The fraction of sp³-hybridized carbons (Fsp3) is 0.348. The Hall–Kier alpha value is -3.75. The molecule has 0 spiro atoms. The second-order valence-corrected chi connectivity index (χ2v) is 8.55. The second-order valence-electron chi connectivity index (χ2n) is 8.55. The Balaban J connectivity index is 1.94. The van der Waals surface area contributed by atoms with Crippen molar-refractivity contribution >= 4 is 22.9 Å². The molecule has 1 N–H and O–H groups in total. The number of carbonyl (C=O) groups is 2. The minimum Gasteiger partial charge on any atom is -0.458 e. The second kappa shape index (κ2) is 8.78. The van der Waals surface area contributed by atoms with Crippen LogP contribution < -0.4 is 16.6 Å². The molecule has 9 heteroatoms. The van der Waals surface area contributed by atoms with Gasteiger partial charge in [0.2, 0.25) is 0 Å². The Morgan fingerprint density at radius 3 is 2.38 bits per heavy atom. The molecular formula is C23H26N4O5. The maximum atomic E-state index is 13.0. The molecule has 3 aromatic rings. The fourth-order valence-electron chi connectivity index (χ4n) is 3.25. The molecule has 1 atom stereocenters. The molecule has 0 aliphatic heterocycles. The van der Waals surface area contributed by atoms with E-state index >= 15 is 0 Å². The van der Waals surface area contributed by atoms with Crippen LogP contribution in [0.2, 0.25) is 0 Å². The van der Waals surface area contributed by atoms with Crippen LogP contribution in [0.4, 0.5) is 0 Å². The molecule has 0 aliphatic rings. The molecule has 32 heavy (non-hydrogen) atoms. The summed E-state index contributed by atoms with van der Waals surface area (Å²) in [6, 6.07) is 9.68. The lowest BCUT2D eigenvalue weighted by Gasteiger charge is -2.24. The van der Waals surface area contributed by atoms with Gasteiger partial charge in [0.1, 0.15) is 17.3 Å². The first-order valence-corrected chi connectivity index (χ1v) is 10.1. The lowest BCUT2D eigenvalue weighted by Crippen LogP contribution is -2.45. The first-order valence-electron chi connectivity index (χ1n) is 10.1. The number of nitrogens with one attached hydrogen (secondary N) is 1. The lowest BCUT2D eigenvalue weighted by molar-refractivity contribution is -0.157. The quantitative estimate of drug-likeness (QED) is 0.601. The first kappa shape index (κ1) is 22.9. The van der Waals surface area contributed by atoms with Crippen molar-refractivity contribution in [3.63, 3.8) is 0 Å². The van der Waals surface area contributed by atoms with E-state index in [1.807, 2.05) is 30.3 Å². The zero-order chi connectivity index (χ0) is 23.6. The molecule has 0 saturated carbocycles. The zero-order valence-electron chi connectivity index (χ0n) is 18.7. The number of rotatable bonds is 5. The summed E-state index contributed by atoms with van der Waals surface area (Å²) in [6.45, 7) is 5.25. The number of hydrogen-bond acceptors (Lipinski definition) is 6. The predicted molar refractivity (Wildman–Crippen MR) is 119 cm³/mol. The van der Waals surface area contributed by atoms with E-state index in [2.05, 4.69) is 10.3 Å². The number of benzene rings is 1. The van der Waals surface area contributed by atoms with Gasteiger partial charge in [-0.25, -0.2) is 14.6 Å². The normalized spacial score (nSPS) is 12.4. The molecular weight excluding hydrogens is 412 g/mol. The van der Waals surface area contributed by atoms with E-state index in [1.54, 1.807) is 20.8 Å². The number of amides is 1. The molecule has 168 valence electrons. The van der Waals surface area contributed by atoms with E-state index in [0.29, 0.717) is 0 Å². The number of aryl methyl sites for hydroxylation is 1. The molecule has 0 saturated heterocycles. The maximum Gasteiger partial charge on any atom is 0.332 e. The summed E-state index contributed by atoms with van der Waals surface area (Å²) in [5.74, 6) is -1.15. The number of fused-ring (bicyclic) bond motifs is 1. The van der Waals surface area contributed by atoms with E-state index in [9.17, 15) is 19.2 Å². The highest BCUT2D eigenvalue weighted by Gasteiger charge is 2.27. The average molecular weight is 438 g/mol. The van der Waals surface area contributed by atoms with Gasteiger partial charge in [-0.05, 0) is 32.4 Å². The smallest absolute Gasteiger partial charge is 0.332 e. The molecule has 0 unspecified atom stereocenters. The minimum absolute atomic E-state index is 0.0925. The van der Waals surface area contributed by atoms with Gasteiger partial charge in [0, 0.05) is 26.7 Å². The lowest BCUT2D eigenvalue weighted by atomic mass is 10.0. The van der Waals surface area contributed by atoms with Crippen LogP contribution in [0.1, 0.15) is 36.7 Å². The topological polar surface area (TPSA) is 112 Å². The van der Waals surface area contributed by atoms with Gasteiger partial charge in [0.05, 0.1) is 10.9 Å². The van der Waals surface area contributed by atoms with Crippen LogP contribution in [0.3, 0.4) is 0 Å². The summed E-state index contributed by atoms with van der Waals surface area (Å²) in [5.41, 5.74) is -0.682. The third-order valence-electron chi connectivity index (χ3n) is 4.83. The molecule has 9 nitrogen and oxygen atoms in total. The molecule has 1 aromatic carbocycles. The summed E-state index contributed by atoms with van der Waals surface area (Å²) < 4.78 is 7.66. The van der Waals surface area contributed by atoms with Crippen molar-refractivity contribution in [1.82, 2.24) is 19.4 Å². The number of pyridine rings is 1. The van der Waals surface area contributed by atoms with Gasteiger partial charge in [-0.1, -0.05) is 30.3 Å². The van der Waals surface area contributed by atoms with E-state index < -0.39 is 34.8 Å². The van der Waals surface area contributed by atoms with Crippen LogP contribution in [0.15, 0.2) is 52.2 Å². The van der Waals surface area contributed by atoms with E-state index in [0.717, 1.165) is 10.1 Å². The highest BCUT2D eigenvalue weighted by atomic mass is 16.6. The first-order chi connectivity index (χ1) is 15.0. The van der Waals surface area contributed by atoms with Crippen molar-refractivity contribution in [2.45, 2.75) is 38.8 Å². The summed E-state index contributed by atoms with van der Waals surface area (Å²) in [4.78, 5) is 54.5. The molecule has 3 rings (SSSR count). The van der Waals surface area contributed by atoms with E-state index in [-0.39, 0.29) is 23.0 Å². The highest BCUT2D eigenvalue weighted by molar-refractivity contribution is 5.98. The third kappa shape index (κ3) is 4.93. The van der Waals surface area contributed by atoms with Gasteiger partial charge >= 0.3 is 11.7 Å². The Kier molecular flexibility index (Phi) is 6.29. The maximum absolute atomic E-state index is 13.0. The Morgan fingerprint density at radius 2 is 1.75 bits per heavy atom. The minimum atomic E-state index is -0.942. The Morgan fingerprint density at radius 1 is 1.09 bits per heavy atom. The molecule has 0 aliphatic carbocycles. The molecule has 0 fully saturated rings. The number of hydrogen-bond donors (Lipinski definition) is 1. The number of aromatic nitrogens is 3. The summed E-state index contributed by atoms with van der Waals surface area (Å²) in [7, 11) is 2.85. The zero-order valence-corrected chi connectivity index (χ0v) is 18.7. The van der Waals surface area contributed by atoms with Crippen molar-refractivity contribution in [3.8, 4) is 0 Å². The van der Waals surface area contributed by atoms with E-state index in [1.165, 1.54) is 30.9 Å². The van der Waals surface area contributed by atoms with Crippen molar-refractivity contribution < 1.29 is 14.3 Å². The number of nitrogens with zero attached hydrogens (tertiary/aromatic N) is 3. The van der Waals surface area contributed by atoms with Gasteiger partial charge in [-0.2, -0.15) is 0 Å². The van der Waals surface area contributed by atoms with Crippen LogP contribution in [-0.4, -0.2) is 37.6 Å². The Bertz CT molecular complexity index is 1290. The van der Waals surface area contributed by atoms with Crippen LogP contribution in [0.25, 0.3) is 11.0 Å². The number of esters is 1. The molecule has 2 aromatic heterocycles. The van der Waals surface area contributed by atoms with Crippen LogP contribution >= 0.6 is 0 Å². The summed E-state index contributed by atoms with van der Waals surface area (Å²) in [6.07, 6.45) is 1.50. The van der Waals surface area contributed by atoms with Crippen LogP contribution in [0, 0.1) is 0 Å². The average Bonchev–Trinajstić information content (AvgIpc) is 2.74. The predicted octanol–water partition coefficient (Wildman–Crippen LogP) is 1.31. The van der Waals surface area contributed by atoms with Crippen LogP contribution in [-0.2, 0) is 30.0 Å². The SMILES string of the molecule is Cn1c(=O)c2cc(C(=O)N[C@@H](Cc3ccccc3)C(=O)OC(C)(C)C)cnc2n(C)c1=O. The largest absolute Gasteiger partial charge is 0.458 e. The standard InChI is InChI=1S/C23H26N4O5/c1-23(2,3)32-21(30)17(11-14-9-7-6-8-10-14)25-19(28)15-12-16-18(24-13-15)26(4)22(31)27(5)20(16)29/h6-10,12-13,17H,11H2,1-5H3,(H,25,28)/t17-/m0/s1. The van der Waals surface area contributed by atoms with Gasteiger partial charge in [-0.15, -0.1) is 0 Å². The van der Waals surface area contributed by atoms with Gasteiger partial charge in [-0.3, -0.25) is 18.7 Å². The highest BCUT2D eigenvalue weighted by Crippen LogP contribution is 2.13. The van der Waals surface area contributed by atoms with Gasteiger partial charge in [0.15, 0.2) is 0 Å².